The van der Waals surface area contributed by atoms with E-state index < -0.39 is 48.5 Å². The number of imidazole rings is 1. The van der Waals surface area contributed by atoms with Crippen LogP contribution in [0.4, 0.5) is 31.1 Å². The number of carboxylic acids is 2. The molecule has 0 saturated heterocycles. The highest BCUT2D eigenvalue weighted by atomic mass is 19.4. The van der Waals surface area contributed by atoms with Crippen LogP contribution in [0.3, 0.4) is 0 Å². The van der Waals surface area contributed by atoms with Crippen molar-refractivity contribution in [3.05, 3.63) is 130 Å². The highest BCUT2D eigenvalue weighted by Crippen LogP contribution is 2.28. The molecule has 8 N–H and O–H groups in total. The van der Waals surface area contributed by atoms with Crippen LogP contribution in [0, 0.1) is 13.8 Å². The van der Waals surface area contributed by atoms with E-state index in [4.69, 9.17) is 35.3 Å². The number of carbonyl (C=O) groups excluding carboxylic acids is 3. The van der Waals surface area contributed by atoms with Crippen molar-refractivity contribution in [3.63, 3.8) is 0 Å². The summed E-state index contributed by atoms with van der Waals surface area (Å²) in [5, 5.41) is 30.3. The average molecular weight is 931 g/mol. The first kappa shape index (κ1) is 51.5. The molecule has 1 aromatic heterocycles. The molecule has 0 bridgehead atoms. The van der Waals surface area contributed by atoms with Crippen molar-refractivity contribution in [3.8, 4) is 5.75 Å². The van der Waals surface area contributed by atoms with E-state index in [1.165, 1.54) is 0 Å². The number of hydrogen-bond acceptors (Lipinski definition) is 9. The number of halogens is 6. The SMILES string of the molecule is Cc1cc(O)cc(C)c1CC(N)C(=O)N1Cc2ccccc2CC1C(=O)N[C@@H](CCCCNC(=O)OCc1ccccc1)c1nc2ccccc2[nH]1.O=C(O)C(F)(F)F.O=C(O)C(F)(F)F. The van der Waals surface area contributed by atoms with Gasteiger partial charge < -0.3 is 46.3 Å². The summed E-state index contributed by atoms with van der Waals surface area (Å²) in [5.74, 6) is -5.33. The Morgan fingerprint density at radius 2 is 1.41 bits per heavy atom. The largest absolute Gasteiger partial charge is 0.508 e. The number of hydrogen-bond donors (Lipinski definition) is 7. The molecule has 0 fully saturated rings. The monoisotopic (exact) mass is 930 g/mol. The quantitative estimate of drug-likeness (QED) is 0.0472. The molecule has 1 aliphatic heterocycles. The van der Waals surface area contributed by atoms with Gasteiger partial charge in [-0.15, -0.1) is 0 Å². The zero-order valence-corrected chi connectivity index (χ0v) is 35.6. The fraction of sp³-hybridized carbons (Fsp3) is 0.333. The molecule has 3 atom stereocenters. The molecule has 15 nitrogen and oxygen atoms in total. The lowest BCUT2D eigenvalue weighted by molar-refractivity contribution is -0.193. The summed E-state index contributed by atoms with van der Waals surface area (Å²) in [5.41, 5.74) is 13.8. The first-order chi connectivity index (χ1) is 31.0. The van der Waals surface area contributed by atoms with Crippen LogP contribution in [0.25, 0.3) is 11.0 Å². The number of nitrogens with zero attached hydrogens (tertiary/aromatic N) is 2. The van der Waals surface area contributed by atoms with Gasteiger partial charge in [-0.2, -0.15) is 26.3 Å². The van der Waals surface area contributed by atoms with Crippen molar-refractivity contribution in [2.45, 2.75) is 89.6 Å². The number of alkyl halides is 6. The van der Waals surface area contributed by atoms with Crippen LogP contribution in [0.1, 0.15) is 64.5 Å². The minimum absolute atomic E-state index is 0.166. The van der Waals surface area contributed by atoms with Gasteiger partial charge in [0.2, 0.25) is 11.8 Å². The number of fused-ring (bicyclic) bond motifs is 2. The molecule has 354 valence electrons. The summed E-state index contributed by atoms with van der Waals surface area (Å²) in [7, 11) is 0. The van der Waals surface area contributed by atoms with Gasteiger partial charge in [0.05, 0.1) is 23.1 Å². The highest BCUT2D eigenvalue weighted by molar-refractivity contribution is 5.91. The third kappa shape index (κ3) is 15.2. The number of phenols is 1. The molecule has 0 aliphatic carbocycles. The maximum atomic E-state index is 14.3. The van der Waals surface area contributed by atoms with Crippen LogP contribution in [0.2, 0.25) is 0 Å². The molecule has 4 aromatic carbocycles. The summed E-state index contributed by atoms with van der Waals surface area (Å²) in [4.78, 5) is 68.3. The van der Waals surface area contributed by atoms with E-state index in [-0.39, 0.29) is 37.1 Å². The number of aliphatic carboxylic acids is 2. The number of phenolic OH excluding ortho intramolecular Hbond substituents is 1. The lowest BCUT2D eigenvalue weighted by Crippen LogP contribution is -2.57. The zero-order valence-electron chi connectivity index (χ0n) is 35.6. The van der Waals surface area contributed by atoms with Crippen molar-refractivity contribution in [1.29, 1.82) is 0 Å². The molecule has 0 radical (unpaired) electrons. The van der Waals surface area contributed by atoms with Crippen molar-refractivity contribution >= 4 is 40.9 Å². The number of aromatic nitrogens is 2. The molecular weight excluding hydrogens is 883 g/mol. The fourth-order valence-corrected chi connectivity index (χ4v) is 6.92. The van der Waals surface area contributed by atoms with Crippen molar-refractivity contribution in [1.82, 2.24) is 25.5 Å². The number of aromatic amines is 1. The second-order valence-electron chi connectivity index (χ2n) is 15.1. The highest BCUT2D eigenvalue weighted by Gasteiger charge is 2.40. The Bertz CT molecular complexity index is 2380. The van der Waals surface area contributed by atoms with Crippen molar-refractivity contribution < 1.29 is 70.4 Å². The van der Waals surface area contributed by atoms with Crippen molar-refractivity contribution in [2.24, 2.45) is 5.73 Å². The lowest BCUT2D eigenvalue weighted by atomic mass is 9.91. The van der Waals surface area contributed by atoms with E-state index in [2.05, 4.69) is 15.6 Å². The zero-order chi connectivity index (χ0) is 48.8. The predicted molar refractivity (Wildman–Crippen MR) is 227 cm³/mol. The maximum Gasteiger partial charge on any atom is 0.490 e. The minimum atomic E-state index is -5.08. The van der Waals surface area contributed by atoms with Crippen LogP contribution in [-0.2, 0) is 49.9 Å². The molecular formula is C45H48F6N6O9. The molecule has 21 heteroatoms. The summed E-state index contributed by atoms with van der Waals surface area (Å²) in [6, 6.07) is 26.2. The third-order valence-electron chi connectivity index (χ3n) is 10.2. The van der Waals surface area contributed by atoms with Crippen LogP contribution in [-0.4, -0.2) is 91.0 Å². The minimum Gasteiger partial charge on any atom is -0.508 e. The second-order valence-corrected chi connectivity index (χ2v) is 15.1. The summed E-state index contributed by atoms with van der Waals surface area (Å²) < 4.78 is 68.8. The molecule has 2 unspecified atom stereocenters. The lowest BCUT2D eigenvalue weighted by Gasteiger charge is -2.38. The van der Waals surface area contributed by atoms with Crippen LogP contribution in [0.5, 0.6) is 5.75 Å². The van der Waals surface area contributed by atoms with E-state index in [0.717, 1.165) is 44.4 Å². The number of rotatable bonds is 13. The van der Waals surface area contributed by atoms with E-state index in [1.807, 2.05) is 92.7 Å². The van der Waals surface area contributed by atoms with Gasteiger partial charge in [0, 0.05) is 19.5 Å². The summed E-state index contributed by atoms with van der Waals surface area (Å²) in [6.45, 7) is 4.64. The molecule has 3 amide bonds. The van der Waals surface area contributed by atoms with Gasteiger partial charge in [-0.3, -0.25) is 9.59 Å². The van der Waals surface area contributed by atoms with Gasteiger partial charge in [-0.1, -0.05) is 66.7 Å². The molecule has 2 heterocycles. The standard InChI is InChI=1S/C41H46N6O5.2C2HF3O2/c1-26-20-31(48)21-27(2)32(26)23-33(42)40(50)47-24-30-15-7-6-14-29(30)22-37(47)39(49)46-36(38-44-34-16-8-9-17-35(34)45-38)18-10-11-19-43-41(51)52-25-28-12-4-3-5-13-28;2*3-2(4,5)1(6)7/h3-9,12-17,20-21,33,36-37,48H,10-11,18-19,22-25,42H2,1-2H3,(H,43,51)(H,44,45)(H,46,49);2*(H,6,7)/t33?,36-,37?;;/m0../s1. The smallest absolute Gasteiger partial charge is 0.490 e. The number of aryl methyl sites for hydroxylation is 2. The Morgan fingerprint density at radius 3 is 2.00 bits per heavy atom. The van der Waals surface area contributed by atoms with Gasteiger partial charge in [0.25, 0.3) is 0 Å². The molecule has 0 spiro atoms. The number of unbranched alkanes of at least 4 members (excludes halogenated alkanes) is 1. The van der Waals surface area contributed by atoms with Gasteiger partial charge in [-0.05, 0) is 97.2 Å². The molecule has 1 aliphatic rings. The van der Waals surface area contributed by atoms with E-state index in [1.54, 1.807) is 17.0 Å². The van der Waals surface area contributed by atoms with E-state index in [9.17, 15) is 45.8 Å². The first-order valence-corrected chi connectivity index (χ1v) is 20.3. The normalized spacial score (nSPS) is 14.3. The number of ether oxygens (including phenoxy) is 1. The number of aromatic hydroxyl groups is 1. The topological polar surface area (TPSA) is 237 Å². The van der Waals surface area contributed by atoms with Crippen LogP contribution in [0.15, 0.2) is 91.0 Å². The number of amides is 3. The number of nitrogens with one attached hydrogen (secondary N) is 3. The van der Waals surface area contributed by atoms with Crippen LogP contribution >= 0.6 is 0 Å². The Morgan fingerprint density at radius 1 is 0.848 bits per heavy atom. The van der Waals surface area contributed by atoms with Crippen LogP contribution < -0.4 is 16.4 Å². The van der Waals surface area contributed by atoms with Gasteiger partial charge in [0.1, 0.15) is 24.2 Å². The number of nitrogens with two attached hydrogens (primary N) is 1. The van der Waals surface area contributed by atoms with Gasteiger partial charge in [-0.25, -0.2) is 19.4 Å². The van der Waals surface area contributed by atoms with E-state index >= 15 is 0 Å². The number of H-pyrrole nitrogens is 1. The molecule has 5 aromatic rings. The van der Waals surface area contributed by atoms with Gasteiger partial charge in [0.15, 0.2) is 0 Å². The number of carbonyl (C=O) groups is 5. The summed E-state index contributed by atoms with van der Waals surface area (Å²) in [6.07, 6.45) is -8.16. The number of carboxylic acid groups (broad SMARTS) is 2. The summed E-state index contributed by atoms with van der Waals surface area (Å²) >= 11 is 0. The Hall–Kier alpha value is -7.16. The molecule has 66 heavy (non-hydrogen) atoms. The van der Waals surface area contributed by atoms with Gasteiger partial charge >= 0.3 is 30.4 Å². The maximum absolute atomic E-state index is 14.3. The fourth-order valence-electron chi connectivity index (χ4n) is 6.92. The number of para-hydroxylation sites is 2. The Labute approximate surface area is 374 Å². The molecule has 0 saturated carbocycles. The third-order valence-corrected chi connectivity index (χ3v) is 10.2. The average Bonchev–Trinajstić information content (AvgIpc) is 3.70. The first-order valence-electron chi connectivity index (χ1n) is 20.3. The number of benzene rings is 4. The Kier molecular flexibility index (Phi) is 18.1. The number of alkyl carbamates (subject to hydrolysis) is 1. The molecule has 6 rings (SSSR count). The predicted octanol–water partition coefficient (Wildman–Crippen LogP) is 6.93. The Balaban J connectivity index is 0.000000590. The van der Waals surface area contributed by atoms with E-state index in [0.29, 0.717) is 38.1 Å². The second kappa shape index (κ2) is 23.2. The van der Waals surface area contributed by atoms with Crippen molar-refractivity contribution in [2.75, 3.05) is 6.54 Å².